The molecule has 5 rings (SSSR count). The summed E-state index contributed by atoms with van der Waals surface area (Å²) in [5.74, 6) is 0.909. The van der Waals surface area contributed by atoms with Crippen LogP contribution in [-0.2, 0) is 11.3 Å². The molecule has 0 atom stereocenters. The van der Waals surface area contributed by atoms with Gasteiger partial charge in [0.05, 0.1) is 29.6 Å². The minimum Gasteiger partial charge on any atom is -0.385 e. The third-order valence-electron chi connectivity index (χ3n) is 6.28. The standard InChI is InChI=1S/C21H22N4OS.C9H10N2/c1-22-21-25(14-15-10-6-4-7-11-15)20(26)18(27-21)19-23(2)16-12-8-5-9-13-17(16)24(19)3;1-2-11-9-5-3-8(7-10)4-6-9/h4,6-13H,5,14H2,1-3H3;3-6,11H,2H2,1H3. The molecule has 1 saturated heterocycles. The van der Waals surface area contributed by atoms with Crippen LogP contribution in [0.15, 0.2) is 106 Å². The van der Waals surface area contributed by atoms with Gasteiger partial charge in [-0.2, -0.15) is 5.26 Å². The van der Waals surface area contributed by atoms with Crippen LogP contribution in [0.1, 0.15) is 24.5 Å². The summed E-state index contributed by atoms with van der Waals surface area (Å²) in [6, 6.07) is 19.5. The molecule has 7 nitrogen and oxygen atoms in total. The van der Waals surface area contributed by atoms with Crippen molar-refractivity contribution >= 4 is 28.5 Å². The van der Waals surface area contributed by atoms with Gasteiger partial charge in [0.25, 0.3) is 5.91 Å². The molecule has 2 aromatic carbocycles. The van der Waals surface area contributed by atoms with Crippen LogP contribution in [0.3, 0.4) is 0 Å². The van der Waals surface area contributed by atoms with E-state index in [1.54, 1.807) is 24.1 Å². The van der Waals surface area contributed by atoms with Gasteiger partial charge in [0.15, 0.2) is 5.17 Å². The topological polar surface area (TPSA) is 75.0 Å². The summed E-state index contributed by atoms with van der Waals surface area (Å²) >= 11 is 1.45. The van der Waals surface area contributed by atoms with E-state index in [1.807, 2.05) is 63.5 Å². The number of benzene rings is 2. The summed E-state index contributed by atoms with van der Waals surface area (Å²) in [5.41, 5.74) is 5.07. The van der Waals surface area contributed by atoms with Crippen molar-refractivity contribution in [3.8, 4) is 6.07 Å². The van der Waals surface area contributed by atoms with Crippen molar-refractivity contribution in [1.29, 1.82) is 5.26 Å². The maximum atomic E-state index is 13.3. The molecule has 1 fully saturated rings. The molecule has 0 saturated carbocycles. The number of amidine groups is 1. The Balaban J connectivity index is 0.000000257. The molecular weight excluding hydrogens is 492 g/mol. The van der Waals surface area contributed by atoms with E-state index in [-0.39, 0.29) is 5.91 Å². The number of nitrogens with zero attached hydrogens (tertiary/aromatic N) is 5. The van der Waals surface area contributed by atoms with Crippen molar-refractivity contribution in [3.05, 3.63) is 112 Å². The number of hydrogen-bond donors (Lipinski definition) is 1. The number of likely N-dealkylation sites (N-methyl/N-ethyl adjacent to an activating group) is 2. The number of anilines is 1. The molecule has 3 aliphatic rings. The number of allylic oxidation sites excluding steroid dienone is 4. The second-order valence-corrected chi connectivity index (χ2v) is 9.76. The third kappa shape index (κ3) is 5.68. The quantitative estimate of drug-likeness (QED) is 0.532. The van der Waals surface area contributed by atoms with Gasteiger partial charge in [-0.15, -0.1) is 0 Å². The number of amides is 1. The average molecular weight is 525 g/mol. The van der Waals surface area contributed by atoms with Gasteiger partial charge >= 0.3 is 0 Å². The lowest BCUT2D eigenvalue weighted by Gasteiger charge is -2.22. The Bertz CT molecular complexity index is 1340. The van der Waals surface area contributed by atoms with Crippen LogP contribution in [-0.4, -0.2) is 53.5 Å². The lowest BCUT2D eigenvalue weighted by atomic mass is 10.2. The van der Waals surface area contributed by atoms with Crippen LogP contribution < -0.4 is 5.32 Å². The maximum absolute atomic E-state index is 13.3. The number of nitrogens with one attached hydrogen (secondary N) is 1. The second kappa shape index (κ2) is 12.3. The van der Waals surface area contributed by atoms with Crippen molar-refractivity contribution in [1.82, 2.24) is 14.7 Å². The molecule has 0 radical (unpaired) electrons. The van der Waals surface area contributed by atoms with Gasteiger partial charge in [0, 0.05) is 33.4 Å². The Hall–Kier alpha value is -4.22. The van der Waals surface area contributed by atoms with E-state index in [9.17, 15) is 4.79 Å². The molecule has 0 spiro atoms. The lowest BCUT2D eigenvalue weighted by Crippen LogP contribution is -2.30. The van der Waals surface area contributed by atoms with E-state index in [4.69, 9.17) is 5.26 Å². The van der Waals surface area contributed by atoms with E-state index < -0.39 is 0 Å². The van der Waals surface area contributed by atoms with Crippen molar-refractivity contribution < 1.29 is 4.79 Å². The molecule has 38 heavy (non-hydrogen) atoms. The highest BCUT2D eigenvalue weighted by atomic mass is 32.2. The molecule has 2 aromatic rings. The maximum Gasteiger partial charge on any atom is 0.270 e. The Morgan fingerprint density at radius 3 is 2.18 bits per heavy atom. The summed E-state index contributed by atoms with van der Waals surface area (Å²) in [7, 11) is 5.77. The van der Waals surface area contributed by atoms with Gasteiger partial charge in [-0.3, -0.25) is 14.7 Å². The minimum atomic E-state index is 0.00349. The van der Waals surface area contributed by atoms with E-state index in [1.165, 1.54) is 11.8 Å². The smallest absolute Gasteiger partial charge is 0.270 e. The van der Waals surface area contributed by atoms with Crippen LogP contribution >= 0.6 is 11.8 Å². The lowest BCUT2D eigenvalue weighted by molar-refractivity contribution is -0.122. The molecule has 0 aromatic heterocycles. The van der Waals surface area contributed by atoms with Gasteiger partial charge in [-0.1, -0.05) is 42.5 Å². The first-order valence-corrected chi connectivity index (χ1v) is 13.3. The predicted octanol–water partition coefficient (Wildman–Crippen LogP) is 5.51. The normalized spacial score (nSPS) is 17.5. The Morgan fingerprint density at radius 2 is 1.63 bits per heavy atom. The van der Waals surface area contributed by atoms with Crippen LogP contribution in [0.5, 0.6) is 0 Å². The number of aliphatic imine (C=N–C) groups is 1. The first-order chi connectivity index (χ1) is 18.5. The first kappa shape index (κ1) is 26.8. The van der Waals surface area contributed by atoms with Gasteiger partial charge in [0.1, 0.15) is 10.7 Å². The largest absolute Gasteiger partial charge is 0.385 e. The summed E-state index contributed by atoms with van der Waals surface area (Å²) in [5, 5.41) is 12.4. The zero-order valence-corrected chi connectivity index (χ0v) is 23.0. The number of carbonyl (C=O) groups excluding carboxylic acids is 1. The van der Waals surface area contributed by atoms with Crippen molar-refractivity contribution in [2.75, 3.05) is 33.0 Å². The molecular formula is C30H32N6OS. The number of hydrogen-bond acceptors (Lipinski definition) is 7. The van der Waals surface area contributed by atoms with Gasteiger partial charge in [0.2, 0.25) is 0 Å². The van der Waals surface area contributed by atoms with E-state index in [0.29, 0.717) is 17.0 Å². The Morgan fingerprint density at radius 1 is 1.00 bits per heavy atom. The molecule has 194 valence electrons. The highest BCUT2D eigenvalue weighted by molar-refractivity contribution is 8.18. The summed E-state index contributed by atoms with van der Waals surface area (Å²) < 4.78 is 0. The van der Waals surface area contributed by atoms with Crippen LogP contribution in [0.25, 0.3) is 0 Å². The monoisotopic (exact) mass is 524 g/mol. The van der Waals surface area contributed by atoms with Crippen molar-refractivity contribution in [3.63, 3.8) is 0 Å². The molecule has 2 heterocycles. The number of nitriles is 1. The fourth-order valence-corrected chi connectivity index (χ4v) is 5.51. The SMILES string of the molecule is CCNc1ccc(C#N)cc1.CN=C1SC(=C2N(C)C3=C(C=CCC=C3)N2C)C(=O)N1Cc1ccccc1. The van der Waals surface area contributed by atoms with E-state index in [0.717, 1.165) is 46.6 Å². The third-order valence-corrected chi connectivity index (χ3v) is 7.43. The molecule has 8 heteroatoms. The minimum absolute atomic E-state index is 0.00349. The van der Waals surface area contributed by atoms with Crippen LogP contribution in [0, 0.1) is 11.3 Å². The predicted molar refractivity (Wildman–Crippen MR) is 156 cm³/mol. The highest BCUT2D eigenvalue weighted by Crippen LogP contribution is 2.41. The number of carbonyl (C=O) groups is 1. The van der Waals surface area contributed by atoms with Crippen molar-refractivity contribution in [2.45, 2.75) is 19.9 Å². The Kier molecular flexibility index (Phi) is 8.72. The van der Waals surface area contributed by atoms with Gasteiger partial charge in [-0.25, -0.2) is 0 Å². The van der Waals surface area contributed by atoms with E-state index >= 15 is 0 Å². The zero-order chi connectivity index (χ0) is 27.1. The molecule has 1 amide bonds. The van der Waals surface area contributed by atoms with Crippen LogP contribution in [0.4, 0.5) is 5.69 Å². The van der Waals surface area contributed by atoms with Crippen LogP contribution in [0.2, 0.25) is 0 Å². The van der Waals surface area contributed by atoms with Gasteiger partial charge < -0.3 is 15.1 Å². The summed E-state index contributed by atoms with van der Waals surface area (Å²) in [6.45, 7) is 3.47. The fraction of sp³-hybridized carbons (Fsp3) is 0.233. The van der Waals surface area contributed by atoms with Gasteiger partial charge in [-0.05, 0) is 67.1 Å². The summed E-state index contributed by atoms with van der Waals surface area (Å²) in [4.78, 5) is 24.3. The average Bonchev–Trinajstić information content (AvgIpc) is 3.22. The summed E-state index contributed by atoms with van der Waals surface area (Å²) in [6.07, 6.45) is 9.45. The van der Waals surface area contributed by atoms with Crippen molar-refractivity contribution in [2.24, 2.45) is 4.99 Å². The molecule has 1 N–H and O–H groups in total. The second-order valence-electron chi connectivity index (χ2n) is 8.79. The molecule has 0 unspecified atom stereocenters. The molecule has 1 aliphatic carbocycles. The highest BCUT2D eigenvalue weighted by Gasteiger charge is 2.40. The van der Waals surface area contributed by atoms with E-state index in [2.05, 4.69) is 50.5 Å². The zero-order valence-electron chi connectivity index (χ0n) is 22.2. The molecule has 0 bridgehead atoms. The molecule has 2 aliphatic heterocycles. The Labute approximate surface area is 229 Å². The number of rotatable bonds is 4. The fourth-order valence-electron chi connectivity index (χ4n) is 4.41. The number of thioether (sulfide) groups is 1. The first-order valence-electron chi connectivity index (χ1n) is 12.5.